The Bertz CT molecular complexity index is 1530. The Hall–Kier alpha value is -4.55. The van der Waals surface area contributed by atoms with E-state index in [2.05, 4.69) is 46.0 Å². The number of pyridine rings is 1. The van der Waals surface area contributed by atoms with Crippen LogP contribution in [0.4, 0.5) is 10.5 Å². The van der Waals surface area contributed by atoms with Crippen LogP contribution >= 0.6 is 0 Å². The Labute approximate surface area is 244 Å². The van der Waals surface area contributed by atoms with Crippen molar-refractivity contribution in [1.82, 2.24) is 34.3 Å². The number of carboxylic acid groups (broad SMARTS) is 1. The minimum atomic E-state index is -1.18. The first-order chi connectivity index (χ1) is 19.6. The maximum absolute atomic E-state index is 13.3. The first kappa shape index (κ1) is 32.0. The standard InChI is InChI=1S/C29H40N8O5/c1-18-30-21(15-29(2,3)4)24-25(31-18)34-22(33-24)17-37-14-10-12-20(27(37)40)32-26(39)19(16-36(7)28(41)42)11-8-9-13-23(38)35(5)6/h9-10,12-14,19H,8,11,15-17H2,1-7H3,(H,32,39)(H,41,42)(H,30,31,33,34)/b13-9+/t19-/m0/s1. The Kier molecular flexibility index (Phi) is 10.2. The van der Waals surface area contributed by atoms with Crippen molar-refractivity contribution in [3.8, 4) is 0 Å². The average Bonchev–Trinajstić information content (AvgIpc) is 3.29. The third-order valence-electron chi connectivity index (χ3n) is 6.46. The molecule has 0 unspecified atom stereocenters. The number of H-pyrrole nitrogens is 1. The van der Waals surface area contributed by atoms with Crippen molar-refractivity contribution >= 4 is 34.8 Å². The van der Waals surface area contributed by atoms with E-state index in [1.165, 1.54) is 28.7 Å². The maximum Gasteiger partial charge on any atom is 0.407 e. The molecule has 3 N–H and O–H groups in total. The molecule has 3 amide bonds. The van der Waals surface area contributed by atoms with Gasteiger partial charge in [-0.3, -0.25) is 14.4 Å². The Morgan fingerprint density at radius 3 is 2.52 bits per heavy atom. The molecule has 0 aliphatic rings. The highest BCUT2D eigenvalue weighted by Crippen LogP contribution is 2.24. The number of nitrogens with one attached hydrogen (secondary N) is 2. The Balaban J connectivity index is 1.80. The summed E-state index contributed by atoms with van der Waals surface area (Å²) in [6.07, 6.45) is 4.84. The lowest BCUT2D eigenvalue weighted by Crippen LogP contribution is -2.37. The first-order valence-electron chi connectivity index (χ1n) is 13.7. The lowest BCUT2D eigenvalue weighted by Gasteiger charge is -2.21. The molecule has 0 saturated carbocycles. The molecule has 1 atom stereocenters. The van der Waals surface area contributed by atoms with Crippen LogP contribution < -0.4 is 10.9 Å². The summed E-state index contributed by atoms with van der Waals surface area (Å²) in [6.45, 7) is 8.23. The number of aryl methyl sites for hydroxylation is 1. The fraction of sp³-hybridized carbons (Fsp3) is 0.483. The minimum absolute atomic E-state index is 0.000457. The normalized spacial score (nSPS) is 12.5. The van der Waals surface area contributed by atoms with Gasteiger partial charge >= 0.3 is 6.09 Å². The third kappa shape index (κ3) is 8.72. The summed E-state index contributed by atoms with van der Waals surface area (Å²) >= 11 is 0. The van der Waals surface area contributed by atoms with E-state index in [1.54, 1.807) is 32.4 Å². The molecule has 3 heterocycles. The van der Waals surface area contributed by atoms with Crippen molar-refractivity contribution in [2.24, 2.45) is 11.3 Å². The van der Waals surface area contributed by atoms with E-state index in [0.717, 1.165) is 22.5 Å². The number of aromatic amines is 1. The number of allylic oxidation sites excluding steroid dienone is 1. The number of nitrogens with zero attached hydrogens (tertiary/aromatic N) is 6. The van der Waals surface area contributed by atoms with Crippen LogP contribution in [0.1, 0.15) is 51.0 Å². The van der Waals surface area contributed by atoms with Gasteiger partial charge in [-0.2, -0.15) is 0 Å². The molecule has 0 aliphatic carbocycles. The van der Waals surface area contributed by atoms with E-state index in [0.29, 0.717) is 23.7 Å². The Morgan fingerprint density at radius 1 is 1.17 bits per heavy atom. The van der Waals surface area contributed by atoms with Gasteiger partial charge in [-0.15, -0.1) is 0 Å². The number of amides is 3. The van der Waals surface area contributed by atoms with E-state index in [4.69, 9.17) is 0 Å². The molecule has 226 valence electrons. The van der Waals surface area contributed by atoms with Gasteiger partial charge in [-0.25, -0.2) is 19.7 Å². The van der Waals surface area contributed by atoms with Gasteiger partial charge < -0.3 is 29.8 Å². The number of fused-ring (bicyclic) bond motifs is 1. The molecule has 0 spiro atoms. The molecule has 0 bridgehead atoms. The molecule has 0 saturated heterocycles. The Morgan fingerprint density at radius 2 is 1.88 bits per heavy atom. The molecule has 0 aromatic carbocycles. The molecule has 13 heteroatoms. The van der Waals surface area contributed by atoms with Crippen LogP contribution in [0, 0.1) is 18.3 Å². The largest absolute Gasteiger partial charge is 0.465 e. The van der Waals surface area contributed by atoms with Gasteiger partial charge in [-0.1, -0.05) is 26.8 Å². The van der Waals surface area contributed by atoms with Crippen molar-refractivity contribution < 1.29 is 19.5 Å². The number of carbonyl (C=O) groups excluding carboxylic acids is 2. The van der Waals surface area contributed by atoms with Gasteiger partial charge in [-0.05, 0) is 49.8 Å². The predicted molar refractivity (Wildman–Crippen MR) is 159 cm³/mol. The molecule has 42 heavy (non-hydrogen) atoms. The van der Waals surface area contributed by atoms with Crippen LogP contribution in [0.5, 0.6) is 0 Å². The number of imidazole rings is 1. The van der Waals surface area contributed by atoms with Crippen LogP contribution in [0.25, 0.3) is 11.2 Å². The second-order valence-corrected chi connectivity index (χ2v) is 11.8. The summed E-state index contributed by atoms with van der Waals surface area (Å²) in [7, 11) is 4.63. The number of likely N-dealkylation sites (N-methyl/N-ethyl adjacent to an activating group) is 1. The summed E-state index contributed by atoms with van der Waals surface area (Å²) in [6, 6.07) is 3.14. The second-order valence-electron chi connectivity index (χ2n) is 11.8. The van der Waals surface area contributed by atoms with Crippen molar-refractivity contribution in [2.75, 3.05) is 33.0 Å². The van der Waals surface area contributed by atoms with Crippen LogP contribution in [0.15, 0.2) is 35.3 Å². The van der Waals surface area contributed by atoms with Crippen molar-refractivity contribution in [3.63, 3.8) is 0 Å². The summed E-state index contributed by atoms with van der Waals surface area (Å²) in [5, 5.41) is 12.0. The molecule has 3 rings (SSSR count). The van der Waals surface area contributed by atoms with Crippen molar-refractivity contribution in [3.05, 3.63) is 58.2 Å². The summed E-state index contributed by atoms with van der Waals surface area (Å²) in [5.41, 5.74) is 1.74. The topological polar surface area (TPSA) is 166 Å². The van der Waals surface area contributed by atoms with E-state index in [-0.39, 0.29) is 36.5 Å². The van der Waals surface area contributed by atoms with E-state index in [9.17, 15) is 24.3 Å². The second kappa shape index (κ2) is 13.4. The summed E-state index contributed by atoms with van der Waals surface area (Å²) in [5.74, 6) is -0.306. The molecular weight excluding hydrogens is 540 g/mol. The van der Waals surface area contributed by atoms with E-state index in [1.807, 2.05) is 6.92 Å². The average molecular weight is 581 g/mol. The quantitative estimate of drug-likeness (QED) is 0.291. The molecular formula is C29H40N8O5. The highest BCUT2D eigenvalue weighted by Gasteiger charge is 2.23. The van der Waals surface area contributed by atoms with Crippen LogP contribution in [0.3, 0.4) is 0 Å². The number of anilines is 1. The lowest BCUT2D eigenvalue weighted by molar-refractivity contribution is -0.123. The van der Waals surface area contributed by atoms with Gasteiger partial charge in [0, 0.05) is 33.9 Å². The molecule has 3 aromatic rings. The van der Waals surface area contributed by atoms with Crippen molar-refractivity contribution in [2.45, 2.75) is 53.5 Å². The minimum Gasteiger partial charge on any atom is -0.465 e. The van der Waals surface area contributed by atoms with Crippen molar-refractivity contribution in [1.29, 1.82) is 0 Å². The maximum atomic E-state index is 13.3. The zero-order valence-corrected chi connectivity index (χ0v) is 25.3. The zero-order chi connectivity index (χ0) is 31.2. The highest BCUT2D eigenvalue weighted by molar-refractivity contribution is 5.92. The molecule has 3 aromatic heterocycles. The molecule has 0 radical (unpaired) electrons. The van der Waals surface area contributed by atoms with E-state index < -0.39 is 23.5 Å². The van der Waals surface area contributed by atoms with Crippen LogP contribution in [0.2, 0.25) is 0 Å². The van der Waals surface area contributed by atoms with Gasteiger partial charge in [0.1, 0.15) is 22.9 Å². The summed E-state index contributed by atoms with van der Waals surface area (Å²) in [4.78, 5) is 69.1. The van der Waals surface area contributed by atoms with Gasteiger partial charge in [0.15, 0.2) is 5.65 Å². The number of hydrogen-bond acceptors (Lipinski definition) is 7. The van der Waals surface area contributed by atoms with E-state index >= 15 is 0 Å². The van der Waals surface area contributed by atoms with Gasteiger partial charge in [0.2, 0.25) is 11.8 Å². The van der Waals surface area contributed by atoms with Gasteiger partial charge in [0.25, 0.3) is 5.56 Å². The van der Waals surface area contributed by atoms with Crippen LogP contribution in [-0.2, 0) is 22.6 Å². The number of carbonyl (C=O) groups is 3. The number of rotatable bonds is 11. The number of hydrogen-bond donors (Lipinski definition) is 3. The van der Waals surface area contributed by atoms with Crippen LogP contribution in [-0.4, -0.2) is 85.0 Å². The summed E-state index contributed by atoms with van der Waals surface area (Å²) < 4.78 is 1.42. The molecule has 0 aliphatic heterocycles. The molecule has 0 fully saturated rings. The zero-order valence-electron chi connectivity index (χ0n) is 25.3. The fourth-order valence-corrected chi connectivity index (χ4v) is 4.33. The first-order valence-corrected chi connectivity index (χ1v) is 13.7. The number of aromatic nitrogens is 5. The fourth-order valence-electron chi connectivity index (χ4n) is 4.33. The highest BCUT2D eigenvalue weighted by atomic mass is 16.4. The SMILES string of the molecule is Cc1nc(CC(C)(C)C)c2[nH]c(Cn3cccc(NC(=O)[C@@H](CC/C=C/C(=O)N(C)C)CN(C)C(=O)O)c3=O)nc2n1. The van der Waals surface area contributed by atoms with Gasteiger partial charge in [0.05, 0.1) is 18.2 Å². The molecule has 13 nitrogen and oxygen atoms in total. The smallest absolute Gasteiger partial charge is 0.407 e. The third-order valence-corrected chi connectivity index (χ3v) is 6.46. The monoisotopic (exact) mass is 580 g/mol. The lowest BCUT2D eigenvalue weighted by atomic mass is 9.90. The predicted octanol–water partition coefficient (Wildman–Crippen LogP) is 3.05.